The number of hydrogen-bond acceptors (Lipinski definition) is 3. The summed E-state index contributed by atoms with van der Waals surface area (Å²) in [6.45, 7) is 4.46. The number of benzene rings is 1. The molecule has 3 nitrogen and oxygen atoms in total. The van der Waals surface area contributed by atoms with E-state index in [1.165, 1.54) is 5.56 Å². The van der Waals surface area contributed by atoms with Crippen LogP contribution in [-0.4, -0.2) is 57.1 Å². The third-order valence-electron chi connectivity index (χ3n) is 3.74. The van der Waals surface area contributed by atoms with Crippen LogP contribution in [0.25, 0.3) is 0 Å². The van der Waals surface area contributed by atoms with Crippen LogP contribution in [0, 0.1) is 0 Å². The van der Waals surface area contributed by atoms with Gasteiger partial charge in [0.2, 0.25) is 0 Å². The molecule has 1 aromatic rings. The molecule has 0 saturated carbocycles. The molecule has 2 unspecified atom stereocenters. The maximum Gasteiger partial charge on any atom is 0.0475 e. The third kappa shape index (κ3) is 4.94. The minimum Gasteiger partial charge on any atom is -0.312 e. The number of nitrogens with zero attached hydrogens (tertiary/aromatic N) is 2. The molecular formula is C16H29N3. The van der Waals surface area contributed by atoms with Crippen molar-refractivity contribution in [3.63, 3.8) is 0 Å². The van der Waals surface area contributed by atoms with Gasteiger partial charge >= 0.3 is 0 Å². The van der Waals surface area contributed by atoms with E-state index in [0.29, 0.717) is 12.1 Å². The summed E-state index contributed by atoms with van der Waals surface area (Å²) in [6, 6.07) is 11.6. The molecule has 0 heterocycles. The largest absolute Gasteiger partial charge is 0.312 e. The summed E-state index contributed by atoms with van der Waals surface area (Å²) in [5, 5.41) is 3.48. The van der Waals surface area contributed by atoms with Crippen molar-refractivity contribution < 1.29 is 0 Å². The van der Waals surface area contributed by atoms with Crippen LogP contribution in [-0.2, 0) is 0 Å². The average Bonchev–Trinajstić information content (AvgIpc) is 2.42. The van der Waals surface area contributed by atoms with Crippen molar-refractivity contribution in [2.75, 3.05) is 41.3 Å². The molecule has 19 heavy (non-hydrogen) atoms. The van der Waals surface area contributed by atoms with Gasteiger partial charge in [0.15, 0.2) is 0 Å². The van der Waals surface area contributed by atoms with E-state index in [2.05, 4.69) is 80.6 Å². The molecule has 1 rings (SSSR count). The van der Waals surface area contributed by atoms with E-state index in [1.54, 1.807) is 0 Å². The van der Waals surface area contributed by atoms with E-state index in [1.807, 2.05) is 0 Å². The van der Waals surface area contributed by atoms with Crippen LogP contribution >= 0.6 is 0 Å². The summed E-state index contributed by atoms with van der Waals surface area (Å²) < 4.78 is 0. The molecule has 108 valence electrons. The fourth-order valence-corrected chi connectivity index (χ4v) is 2.57. The fourth-order valence-electron chi connectivity index (χ4n) is 2.57. The number of hydrogen-bond donors (Lipinski definition) is 1. The van der Waals surface area contributed by atoms with Gasteiger partial charge in [-0.15, -0.1) is 0 Å². The van der Waals surface area contributed by atoms with E-state index in [9.17, 15) is 0 Å². The molecule has 2 atom stereocenters. The van der Waals surface area contributed by atoms with Gasteiger partial charge in [-0.2, -0.15) is 0 Å². The van der Waals surface area contributed by atoms with Crippen LogP contribution < -0.4 is 5.32 Å². The Morgan fingerprint density at radius 3 is 2.16 bits per heavy atom. The van der Waals surface area contributed by atoms with Crippen molar-refractivity contribution in [1.29, 1.82) is 0 Å². The fraction of sp³-hybridized carbons (Fsp3) is 0.625. The molecule has 0 aliphatic carbocycles. The first-order valence-electron chi connectivity index (χ1n) is 7.17. The first-order chi connectivity index (χ1) is 9.10. The van der Waals surface area contributed by atoms with Crippen LogP contribution in [0.15, 0.2) is 30.3 Å². The lowest BCUT2D eigenvalue weighted by Crippen LogP contribution is -2.43. The van der Waals surface area contributed by atoms with E-state index >= 15 is 0 Å². The minimum atomic E-state index is 0.387. The lowest BCUT2D eigenvalue weighted by atomic mass is 9.96. The van der Waals surface area contributed by atoms with Crippen molar-refractivity contribution in [2.45, 2.75) is 25.4 Å². The Hall–Kier alpha value is -0.900. The molecule has 0 fully saturated rings. The minimum absolute atomic E-state index is 0.387. The zero-order valence-electron chi connectivity index (χ0n) is 13.1. The van der Waals surface area contributed by atoms with Gasteiger partial charge in [-0.3, -0.25) is 0 Å². The van der Waals surface area contributed by atoms with E-state index in [4.69, 9.17) is 0 Å². The van der Waals surface area contributed by atoms with Crippen molar-refractivity contribution in [3.05, 3.63) is 35.9 Å². The highest BCUT2D eigenvalue weighted by Gasteiger charge is 2.23. The molecule has 3 heteroatoms. The van der Waals surface area contributed by atoms with E-state index in [0.717, 1.165) is 19.5 Å². The molecule has 0 amide bonds. The average molecular weight is 263 g/mol. The smallest absolute Gasteiger partial charge is 0.0475 e. The van der Waals surface area contributed by atoms with Gasteiger partial charge in [0.1, 0.15) is 0 Å². The zero-order valence-corrected chi connectivity index (χ0v) is 13.1. The Labute approximate surface area is 118 Å². The summed E-state index contributed by atoms with van der Waals surface area (Å²) in [4.78, 5) is 4.70. The maximum absolute atomic E-state index is 3.48. The summed E-state index contributed by atoms with van der Waals surface area (Å²) in [7, 11) is 8.54. The lowest BCUT2D eigenvalue weighted by molar-refractivity contribution is 0.175. The van der Waals surface area contributed by atoms with Crippen LogP contribution in [0.2, 0.25) is 0 Å². The van der Waals surface area contributed by atoms with Crippen molar-refractivity contribution in [3.8, 4) is 0 Å². The van der Waals surface area contributed by atoms with Crippen LogP contribution in [0.5, 0.6) is 0 Å². The zero-order chi connectivity index (χ0) is 14.3. The summed E-state index contributed by atoms with van der Waals surface area (Å²) in [5.74, 6) is 0. The molecule has 0 aliphatic heterocycles. The Bertz CT molecular complexity index is 337. The van der Waals surface area contributed by atoms with E-state index in [-0.39, 0.29) is 0 Å². The highest BCUT2D eigenvalue weighted by atomic mass is 15.2. The van der Waals surface area contributed by atoms with Gasteiger partial charge in [0.05, 0.1) is 0 Å². The van der Waals surface area contributed by atoms with Crippen LogP contribution in [0.1, 0.15) is 24.9 Å². The number of likely N-dealkylation sites (N-methyl/N-ethyl adjacent to an activating group) is 3. The predicted octanol–water partition coefficient (Wildman–Crippen LogP) is 2.22. The second-order valence-electron chi connectivity index (χ2n) is 5.44. The van der Waals surface area contributed by atoms with Crippen molar-refractivity contribution >= 4 is 0 Å². The second-order valence-corrected chi connectivity index (χ2v) is 5.44. The SMILES string of the molecule is CCC(C(NC)c1ccccc1)N(C)CCN(C)C. The maximum atomic E-state index is 3.48. The summed E-state index contributed by atoms with van der Waals surface area (Å²) in [6.07, 6.45) is 1.14. The Morgan fingerprint density at radius 2 is 1.68 bits per heavy atom. The van der Waals surface area contributed by atoms with Gasteiger partial charge in [-0.1, -0.05) is 37.3 Å². The van der Waals surface area contributed by atoms with Crippen LogP contribution in [0.3, 0.4) is 0 Å². The van der Waals surface area contributed by atoms with Gasteiger partial charge in [0, 0.05) is 25.2 Å². The van der Waals surface area contributed by atoms with Crippen molar-refractivity contribution in [2.24, 2.45) is 0 Å². The Balaban J connectivity index is 2.75. The second kappa shape index (κ2) is 8.31. The molecule has 1 aromatic carbocycles. The molecule has 0 aliphatic rings. The molecule has 0 radical (unpaired) electrons. The molecule has 1 N–H and O–H groups in total. The Morgan fingerprint density at radius 1 is 1.05 bits per heavy atom. The lowest BCUT2D eigenvalue weighted by Gasteiger charge is -2.35. The number of rotatable bonds is 8. The van der Waals surface area contributed by atoms with Crippen molar-refractivity contribution in [1.82, 2.24) is 15.1 Å². The molecule has 0 spiro atoms. The molecule has 0 bridgehead atoms. The number of nitrogens with one attached hydrogen (secondary N) is 1. The summed E-state index contributed by atoms with van der Waals surface area (Å²) in [5.41, 5.74) is 1.37. The normalized spacial score (nSPS) is 14.9. The standard InChI is InChI=1S/C16H29N3/c1-6-15(19(5)13-12-18(3)4)16(17-2)14-10-8-7-9-11-14/h7-11,15-17H,6,12-13H2,1-5H3. The molecule has 0 aromatic heterocycles. The van der Waals surface area contributed by atoms with Crippen LogP contribution in [0.4, 0.5) is 0 Å². The molecule has 0 saturated heterocycles. The highest BCUT2D eigenvalue weighted by Crippen LogP contribution is 2.22. The quantitative estimate of drug-likeness (QED) is 0.776. The monoisotopic (exact) mass is 263 g/mol. The third-order valence-corrected chi connectivity index (χ3v) is 3.74. The highest BCUT2D eigenvalue weighted by molar-refractivity contribution is 5.20. The molecular weight excluding hydrogens is 234 g/mol. The van der Waals surface area contributed by atoms with E-state index < -0.39 is 0 Å². The summed E-state index contributed by atoms with van der Waals surface area (Å²) >= 11 is 0. The first kappa shape index (κ1) is 16.2. The van der Waals surface area contributed by atoms with Gasteiger partial charge < -0.3 is 15.1 Å². The van der Waals surface area contributed by atoms with Gasteiger partial charge in [0.25, 0.3) is 0 Å². The van der Waals surface area contributed by atoms with Gasteiger partial charge in [-0.05, 0) is 40.2 Å². The first-order valence-corrected chi connectivity index (χ1v) is 7.17. The topological polar surface area (TPSA) is 18.5 Å². The Kier molecular flexibility index (Phi) is 7.06. The predicted molar refractivity (Wildman–Crippen MR) is 83.5 cm³/mol. The van der Waals surface area contributed by atoms with Gasteiger partial charge in [-0.25, -0.2) is 0 Å².